The average molecular weight is 392 g/mol. The van der Waals surface area contributed by atoms with Gasteiger partial charge in [0.05, 0.1) is 31.5 Å². The van der Waals surface area contributed by atoms with Gasteiger partial charge in [-0.2, -0.15) is 0 Å². The second kappa shape index (κ2) is 11.0. The number of hydrogen-bond donors (Lipinski definition) is 2. The van der Waals surface area contributed by atoms with Gasteiger partial charge in [0.25, 0.3) is 0 Å². The zero-order valence-corrected chi connectivity index (χ0v) is 16.5. The summed E-state index contributed by atoms with van der Waals surface area (Å²) in [6.07, 6.45) is 5.63. The Morgan fingerprint density at radius 2 is 2.00 bits per heavy atom. The Morgan fingerprint density at radius 3 is 2.79 bits per heavy atom. The van der Waals surface area contributed by atoms with Gasteiger partial charge in [-0.1, -0.05) is 42.5 Å². The fraction of sp³-hybridized carbons (Fsp3) is 0.636. The van der Waals surface area contributed by atoms with Gasteiger partial charge in [-0.25, -0.2) is 0 Å². The summed E-state index contributed by atoms with van der Waals surface area (Å²) < 4.78 is 21.8. The lowest BCUT2D eigenvalue weighted by Gasteiger charge is -2.19. The number of hydrogen-bond acceptors (Lipinski definition) is 6. The fourth-order valence-electron chi connectivity index (χ4n) is 4.11. The molecule has 0 spiro atoms. The molecule has 1 aromatic carbocycles. The summed E-state index contributed by atoms with van der Waals surface area (Å²) >= 11 is 0. The third-order valence-electron chi connectivity index (χ3n) is 5.60. The molecule has 6 heteroatoms. The highest BCUT2D eigenvalue weighted by atomic mass is 16.7. The molecule has 1 heterocycles. The van der Waals surface area contributed by atoms with Crippen LogP contribution in [0.1, 0.15) is 24.8 Å². The lowest BCUT2D eigenvalue weighted by atomic mass is 9.91. The van der Waals surface area contributed by atoms with E-state index in [0.717, 1.165) is 12.8 Å². The van der Waals surface area contributed by atoms with E-state index in [0.29, 0.717) is 26.1 Å². The maximum absolute atomic E-state index is 10.4. The number of rotatable bonds is 11. The minimum Gasteiger partial charge on any atom is -0.392 e. The van der Waals surface area contributed by atoms with Crippen molar-refractivity contribution in [2.45, 2.75) is 50.3 Å². The first-order chi connectivity index (χ1) is 13.7. The molecule has 1 aliphatic carbocycles. The standard InChI is InChI=1S/C22H32O6/c1-25-11-12-26-15-27-17(8-7-16-5-3-2-4-6-16)9-10-18-19-13-22(24)28-21(19)14-20(18)23/h2-6,9-10,17-24H,7-8,11-15H2,1H3/t17?,18-,19-,20-,21+,22?/m1/s1. The Morgan fingerprint density at radius 1 is 1.18 bits per heavy atom. The zero-order chi connectivity index (χ0) is 19.8. The van der Waals surface area contributed by atoms with Gasteiger partial charge in [-0.3, -0.25) is 0 Å². The molecule has 2 aliphatic rings. The van der Waals surface area contributed by atoms with Crippen LogP contribution in [0.2, 0.25) is 0 Å². The first-order valence-electron chi connectivity index (χ1n) is 10.1. The Balaban J connectivity index is 1.56. The summed E-state index contributed by atoms with van der Waals surface area (Å²) in [5.74, 6) is 0.147. The monoisotopic (exact) mass is 392 g/mol. The Bertz CT molecular complexity index is 592. The van der Waals surface area contributed by atoms with Crippen molar-refractivity contribution in [3.8, 4) is 0 Å². The van der Waals surface area contributed by atoms with Crippen LogP contribution in [-0.4, -0.2) is 61.9 Å². The van der Waals surface area contributed by atoms with Crippen LogP contribution in [0.4, 0.5) is 0 Å². The molecule has 0 aromatic heterocycles. The third kappa shape index (κ3) is 6.11. The van der Waals surface area contributed by atoms with E-state index in [-0.39, 0.29) is 30.8 Å². The van der Waals surface area contributed by atoms with Crippen molar-refractivity contribution in [2.24, 2.45) is 11.8 Å². The van der Waals surface area contributed by atoms with Crippen LogP contribution >= 0.6 is 0 Å². The van der Waals surface area contributed by atoms with Crippen molar-refractivity contribution in [3.63, 3.8) is 0 Å². The SMILES string of the molecule is COCCOCOC(C=C[C@@H]1[C@H]2CC(O)O[C@H]2C[C@H]1O)CCc1ccccc1. The highest BCUT2D eigenvalue weighted by Crippen LogP contribution is 2.43. The van der Waals surface area contributed by atoms with Crippen LogP contribution in [0.15, 0.2) is 42.5 Å². The van der Waals surface area contributed by atoms with E-state index in [2.05, 4.69) is 12.1 Å². The lowest BCUT2D eigenvalue weighted by Crippen LogP contribution is -2.20. The van der Waals surface area contributed by atoms with Crippen molar-refractivity contribution in [1.82, 2.24) is 0 Å². The molecule has 6 atom stereocenters. The first kappa shape index (κ1) is 21.4. The summed E-state index contributed by atoms with van der Waals surface area (Å²) in [4.78, 5) is 0. The minimum atomic E-state index is -0.710. The second-order valence-corrected chi connectivity index (χ2v) is 7.54. The molecule has 3 rings (SSSR count). The highest BCUT2D eigenvalue weighted by Gasteiger charge is 2.47. The number of methoxy groups -OCH3 is 1. The zero-order valence-electron chi connectivity index (χ0n) is 16.5. The van der Waals surface area contributed by atoms with E-state index in [1.165, 1.54) is 5.56 Å². The van der Waals surface area contributed by atoms with Crippen LogP contribution < -0.4 is 0 Å². The van der Waals surface area contributed by atoms with Crippen molar-refractivity contribution in [1.29, 1.82) is 0 Å². The van der Waals surface area contributed by atoms with E-state index in [4.69, 9.17) is 18.9 Å². The molecule has 2 N–H and O–H groups in total. The Labute approximate surface area is 167 Å². The Kier molecular flexibility index (Phi) is 8.45. The largest absolute Gasteiger partial charge is 0.392 e. The fourth-order valence-corrected chi connectivity index (χ4v) is 4.11. The quantitative estimate of drug-likeness (QED) is 0.342. The molecule has 156 valence electrons. The van der Waals surface area contributed by atoms with Gasteiger partial charge in [-0.05, 0) is 24.3 Å². The predicted octanol–water partition coefficient (Wildman–Crippen LogP) is 2.29. The number of aliphatic hydroxyl groups excluding tert-OH is 2. The molecule has 1 saturated carbocycles. The molecule has 2 unspecified atom stereocenters. The molecule has 0 radical (unpaired) electrons. The third-order valence-corrected chi connectivity index (χ3v) is 5.60. The molecular weight excluding hydrogens is 360 g/mol. The van der Waals surface area contributed by atoms with Crippen LogP contribution in [0, 0.1) is 11.8 Å². The summed E-state index contributed by atoms with van der Waals surface area (Å²) in [6, 6.07) is 10.3. The van der Waals surface area contributed by atoms with E-state index < -0.39 is 12.4 Å². The number of aliphatic hydroxyl groups is 2. The van der Waals surface area contributed by atoms with E-state index >= 15 is 0 Å². The average Bonchev–Trinajstić information content (AvgIpc) is 3.18. The van der Waals surface area contributed by atoms with Gasteiger partial charge in [0.1, 0.15) is 6.79 Å². The van der Waals surface area contributed by atoms with Gasteiger partial charge in [0, 0.05) is 25.9 Å². The van der Waals surface area contributed by atoms with E-state index in [1.54, 1.807) is 7.11 Å². The molecule has 0 amide bonds. The van der Waals surface area contributed by atoms with Crippen LogP contribution in [0.5, 0.6) is 0 Å². The summed E-state index contributed by atoms with van der Waals surface area (Å²) in [7, 11) is 1.64. The highest BCUT2D eigenvalue weighted by molar-refractivity contribution is 5.15. The molecule has 1 aromatic rings. The molecule has 1 aliphatic heterocycles. The smallest absolute Gasteiger partial charge is 0.155 e. The molecule has 0 bridgehead atoms. The summed E-state index contributed by atoms with van der Waals surface area (Å²) in [5, 5.41) is 20.1. The van der Waals surface area contributed by atoms with Gasteiger partial charge in [0.15, 0.2) is 6.29 Å². The summed E-state index contributed by atoms with van der Waals surface area (Å²) in [6.45, 7) is 1.23. The minimum absolute atomic E-state index is 0.0145. The molecule has 2 fully saturated rings. The number of fused-ring (bicyclic) bond motifs is 1. The number of benzene rings is 1. The van der Waals surface area contributed by atoms with E-state index in [9.17, 15) is 10.2 Å². The van der Waals surface area contributed by atoms with Crippen molar-refractivity contribution >= 4 is 0 Å². The van der Waals surface area contributed by atoms with Gasteiger partial charge in [0.2, 0.25) is 0 Å². The van der Waals surface area contributed by atoms with Crippen molar-refractivity contribution in [2.75, 3.05) is 27.1 Å². The maximum Gasteiger partial charge on any atom is 0.155 e. The van der Waals surface area contributed by atoms with Crippen molar-refractivity contribution < 1.29 is 29.2 Å². The van der Waals surface area contributed by atoms with E-state index in [1.807, 2.05) is 30.4 Å². The molecule has 28 heavy (non-hydrogen) atoms. The van der Waals surface area contributed by atoms with Crippen LogP contribution in [0.3, 0.4) is 0 Å². The topological polar surface area (TPSA) is 77.4 Å². The molecule has 6 nitrogen and oxygen atoms in total. The number of aryl methyl sites for hydroxylation is 1. The predicted molar refractivity (Wildman–Crippen MR) is 105 cm³/mol. The van der Waals surface area contributed by atoms with Crippen molar-refractivity contribution in [3.05, 3.63) is 48.0 Å². The van der Waals surface area contributed by atoms with Crippen LogP contribution in [0.25, 0.3) is 0 Å². The first-order valence-corrected chi connectivity index (χ1v) is 10.1. The normalized spacial score (nSPS) is 30.8. The number of ether oxygens (including phenoxy) is 4. The summed E-state index contributed by atoms with van der Waals surface area (Å²) in [5.41, 5.74) is 1.26. The lowest BCUT2D eigenvalue weighted by molar-refractivity contribution is -0.0949. The van der Waals surface area contributed by atoms with Gasteiger partial charge < -0.3 is 29.2 Å². The Hall–Kier alpha value is -1.28. The maximum atomic E-state index is 10.4. The molecule has 1 saturated heterocycles. The molecular formula is C22H32O6. The van der Waals surface area contributed by atoms with Gasteiger partial charge >= 0.3 is 0 Å². The second-order valence-electron chi connectivity index (χ2n) is 7.54. The van der Waals surface area contributed by atoms with Crippen LogP contribution in [-0.2, 0) is 25.4 Å². The van der Waals surface area contributed by atoms with Gasteiger partial charge in [-0.15, -0.1) is 0 Å².